The Balaban J connectivity index is 2.34. The van der Waals surface area contributed by atoms with E-state index in [9.17, 15) is 4.79 Å². The Labute approximate surface area is 110 Å². The molecule has 0 saturated carbocycles. The lowest BCUT2D eigenvalue weighted by molar-refractivity contribution is 0.0993. The first-order valence-electron chi connectivity index (χ1n) is 5.32. The van der Waals surface area contributed by atoms with Crippen LogP contribution in [0.15, 0.2) is 42.7 Å². The molecule has 2 rings (SSSR count). The first-order chi connectivity index (χ1) is 8.59. The van der Waals surface area contributed by atoms with Gasteiger partial charge in [-0.25, -0.2) is 0 Å². The Hall–Kier alpha value is -2.07. The molecule has 0 saturated heterocycles. The molecule has 0 aliphatic carbocycles. The number of rotatable bonds is 2. The average Bonchev–Trinajstić information content (AvgIpc) is 2.41. The van der Waals surface area contributed by atoms with Crippen LogP contribution in [0.1, 0.15) is 10.4 Å². The predicted octanol–water partition coefficient (Wildman–Crippen LogP) is 2.59. The number of carbonyl (C=O) groups excluding carboxylic acids is 1. The second-order valence-corrected chi connectivity index (χ2v) is 4.22. The molecule has 0 atom stereocenters. The van der Waals surface area contributed by atoms with Gasteiger partial charge in [0.25, 0.3) is 5.91 Å². The first-order valence-corrected chi connectivity index (χ1v) is 5.70. The Morgan fingerprint density at radius 1 is 1.28 bits per heavy atom. The summed E-state index contributed by atoms with van der Waals surface area (Å²) in [4.78, 5) is 17.7. The molecule has 1 aromatic carbocycles. The van der Waals surface area contributed by atoms with E-state index in [1.54, 1.807) is 49.8 Å². The molecule has 2 aromatic rings. The van der Waals surface area contributed by atoms with Crippen molar-refractivity contribution in [2.45, 2.75) is 0 Å². The third-order valence-electron chi connectivity index (χ3n) is 2.58. The molecule has 0 spiro atoms. The van der Waals surface area contributed by atoms with Crippen molar-refractivity contribution in [2.75, 3.05) is 17.7 Å². The highest BCUT2D eigenvalue weighted by molar-refractivity contribution is 6.34. The van der Waals surface area contributed by atoms with Gasteiger partial charge in [0.1, 0.15) is 0 Å². The Morgan fingerprint density at radius 2 is 1.94 bits per heavy atom. The van der Waals surface area contributed by atoms with E-state index < -0.39 is 0 Å². The van der Waals surface area contributed by atoms with Crippen molar-refractivity contribution in [1.82, 2.24) is 4.98 Å². The van der Waals surface area contributed by atoms with Crippen molar-refractivity contribution in [3.63, 3.8) is 0 Å². The van der Waals surface area contributed by atoms with Gasteiger partial charge in [0.05, 0.1) is 10.6 Å². The van der Waals surface area contributed by atoms with Crippen molar-refractivity contribution < 1.29 is 4.79 Å². The van der Waals surface area contributed by atoms with Gasteiger partial charge in [-0.1, -0.05) is 11.6 Å². The van der Waals surface area contributed by atoms with E-state index in [4.69, 9.17) is 17.3 Å². The standard InChI is InChI=1S/C13H12ClN3O/c1-17(10-4-6-16-7-5-10)13(18)11-8-9(15)2-3-12(11)14/h2-8H,15H2,1H3. The third-order valence-corrected chi connectivity index (χ3v) is 2.91. The SMILES string of the molecule is CN(C(=O)c1cc(N)ccc1Cl)c1ccncc1. The summed E-state index contributed by atoms with van der Waals surface area (Å²) in [5.41, 5.74) is 7.30. The van der Waals surface area contributed by atoms with Crippen LogP contribution < -0.4 is 10.6 Å². The van der Waals surface area contributed by atoms with Crippen LogP contribution in [-0.2, 0) is 0 Å². The maximum Gasteiger partial charge on any atom is 0.259 e. The molecule has 0 fully saturated rings. The quantitative estimate of drug-likeness (QED) is 0.846. The zero-order valence-corrected chi connectivity index (χ0v) is 10.6. The Bertz CT molecular complexity index is 572. The molecule has 0 aliphatic heterocycles. The second kappa shape index (κ2) is 5.06. The Morgan fingerprint density at radius 3 is 2.61 bits per heavy atom. The van der Waals surface area contributed by atoms with Crippen LogP contribution in [-0.4, -0.2) is 17.9 Å². The summed E-state index contributed by atoms with van der Waals surface area (Å²) in [5, 5.41) is 0.384. The number of hydrogen-bond acceptors (Lipinski definition) is 3. The van der Waals surface area contributed by atoms with Crippen molar-refractivity contribution in [1.29, 1.82) is 0 Å². The minimum Gasteiger partial charge on any atom is -0.399 e. The highest BCUT2D eigenvalue weighted by Crippen LogP contribution is 2.22. The molecular formula is C13H12ClN3O. The number of nitrogens with zero attached hydrogens (tertiary/aromatic N) is 2. The molecule has 0 unspecified atom stereocenters. The summed E-state index contributed by atoms with van der Waals surface area (Å²) in [6.45, 7) is 0. The number of halogens is 1. The molecule has 0 radical (unpaired) electrons. The summed E-state index contributed by atoms with van der Waals surface area (Å²) in [7, 11) is 1.68. The molecule has 5 heteroatoms. The molecule has 1 heterocycles. The lowest BCUT2D eigenvalue weighted by atomic mass is 10.1. The number of amides is 1. The molecule has 2 N–H and O–H groups in total. The minimum absolute atomic E-state index is 0.210. The summed E-state index contributed by atoms with van der Waals surface area (Å²) >= 11 is 6.01. The fourth-order valence-corrected chi connectivity index (χ4v) is 1.77. The molecule has 0 bridgehead atoms. The largest absolute Gasteiger partial charge is 0.399 e. The number of carbonyl (C=O) groups is 1. The fraction of sp³-hybridized carbons (Fsp3) is 0.0769. The molecular weight excluding hydrogens is 250 g/mol. The van der Waals surface area contributed by atoms with Crippen molar-refractivity contribution >= 4 is 28.9 Å². The highest BCUT2D eigenvalue weighted by Gasteiger charge is 2.16. The van der Waals surface area contributed by atoms with Crippen LogP contribution >= 0.6 is 11.6 Å². The van der Waals surface area contributed by atoms with Crippen molar-refractivity contribution in [3.05, 3.63) is 53.3 Å². The van der Waals surface area contributed by atoms with Gasteiger partial charge < -0.3 is 10.6 Å². The molecule has 92 valence electrons. The van der Waals surface area contributed by atoms with Gasteiger partial charge in [0.15, 0.2) is 0 Å². The van der Waals surface area contributed by atoms with Gasteiger partial charge in [-0.2, -0.15) is 0 Å². The van der Waals surface area contributed by atoms with Crippen LogP contribution in [0, 0.1) is 0 Å². The van der Waals surface area contributed by atoms with E-state index in [2.05, 4.69) is 4.98 Å². The topological polar surface area (TPSA) is 59.2 Å². The van der Waals surface area contributed by atoms with Crippen LogP contribution in [0.4, 0.5) is 11.4 Å². The molecule has 4 nitrogen and oxygen atoms in total. The van der Waals surface area contributed by atoms with Gasteiger partial charge >= 0.3 is 0 Å². The van der Waals surface area contributed by atoms with Crippen LogP contribution in [0.25, 0.3) is 0 Å². The van der Waals surface area contributed by atoms with Gasteiger partial charge in [-0.05, 0) is 30.3 Å². The molecule has 1 amide bonds. The monoisotopic (exact) mass is 261 g/mol. The van der Waals surface area contributed by atoms with Gasteiger partial charge in [0.2, 0.25) is 0 Å². The second-order valence-electron chi connectivity index (χ2n) is 3.81. The number of pyridine rings is 1. The normalized spacial score (nSPS) is 10.1. The number of nitrogens with two attached hydrogens (primary N) is 1. The van der Waals surface area contributed by atoms with Gasteiger partial charge in [0, 0.05) is 30.8 Å². The predicted molar refractivity (Wildman–Crippen MR) is 72.8 cm³/mol. The minimum atomic E-state index is -0.210. The fourth-order valence-electron chi connectivity index (χ4n) is 1.57. The van der Waals surface area contributed by atoms with Crippen LogP contribution in [0.3, 0.4) is 0 Å². The number of aromatic nitrogens is 1. The van der Waals surface area contributed by atoms with Gasteiger partial charge in [-0.15, -0.1) is 0 Å². The van der Waals surface area contributed by atoms with Crippen molar-refractivity contribution in [3.8, 4) is 0 Å². The van der Waals surface area contributed by atoms with E-state index in [0.29, 0.717) is 16.3 Å². The molecule has 0 aliphatic rings. The van der Waals surface area contributed by atoms with Gasteiger partial charge in [-0.3, -0.25) is 9.78 Å². The van der Waals surface area contributed by atoms with E-state index in [0.717, 1.165) is 5.69 Å². The Kier molecular flexibility index (Phi) is 3.48. The van der Waals surface area contributed by atoms with E-state index in [1.807, 2.05) is 0 Å². The number of nitrogen functional groups attached to an aromatic ring is 1. The van der Waals surface area contributed by atoms with Crippen LogP contribution in [0.5, 0.6) is 0 Å². The highest BCUT2D eigenvalue weighted by atomic mass is 35.5. The summed E-state index contributed by atoms with van der Waals surface area (Å²) in [5.74, 6) is -0.210. The van der Waals surface area contributed by atoms with E-state index >= 15 is 0 Å². The number of hydrogen-bond donors (Lipinski definition) is 1. The number of benzene rings is 1. The average molecular weight is 262 g/mol. The zero-order chi connectivity index (χ0) is 13.1. The zero-order valence-electron chi connectivity index (χ0n) is 9.80. The maximum absolute atomic E-state index is 12.3. The first kappa shape index (κ1) is 12.4. The molecule has 1 aromatic heterocycles. The summed E-state index contributed by atoms with van der Waals surface area (Å²) in [6.07, 6.45) is 3.25. The van der Waals surface area contributed by atoms with Crippen molar-refractivity contribution in [2.24, 2.45) is 0 Å². The molecule has 18 heavy (non-hydrogen) atoms. The van der Waals surface area contributed by atoms with E-state index in [1.165, 1.54) is 4.90 Å². The summed E-state index contributed by atoms with van der Waals surface area (Å²) in [6, 6.07) is 8.34. The number of anilines is 2. The lowest BCUT2D eigenvalue weighted by Crippen LogP contribution is -2.26. The smallest absolute Gasteiger partial charge is 0.259 e. The lowest BCUT2D eigenvalue weighted by Gasteiger charge is -2.17. The third kappa shape index (κ3) is 2.43. The summed E-state index contributed by atoms with van der Waals surface area (Å²) < 4.78 is 0. The maximum atomic E-state index is 12.3. The van der Waals surface area contributed by atoms with E-state index in [-0.39, 0.29) is 5.91 Å². The van der Waals surface area contributed by atoms with Crippen LogP contribution in [0.2, 0.25) is 5.02 Å².